The Labute approximate surface area is 96.4 Å². The molecule has 90 valence electrons. The summed E-state index contributed by atoms with van der Waals surface area (Å²) in [4.78, 5) is 0. The van der Waals surface area contributed by atoms with Crippen molar-refractivity contribution in [2.45, 2.75) is 37.9 Å². The summed E-state index contributed by atoms with van der Waals surface area (Å²) >= 11 is 0. The number of hydrogen-bond acceptors (Lipinski definition) is 4. The third-order valence-corrected chi connectivity index (χ3v) is 2.66. The topological polar surface area (TPSA) is 98.3 Å². The van der Waals surface area contributed by atoms with Gasteiger partial charge in [0, 0.05) is 18.6 Å². The van der Waals surface area contributed by atoms with Gasteiger partial charge < -0.3 is 22.3 Å². The minimum Gasteiger partial charge on any atom is -0.508 e. The standard InChI is InChI=1S/C7H9NO.C5H12N2/c8-5-6-2-1-3-7(9)4-6;6-4-1-2-5(7)3-4/h1-4,9H,5,8H2;4-5H,1-3,6-7H2/t;4-,5+. The lowest BCUT2D eigenvalue weighted by atomic mass is 10.2. The van der Waals surface area contributed by atoms with Gasteiger partial charge in [-0.2, -0.15) is 0 Å². The molecular formula is C12H21N3O. The summed E-state index contributed by atoms with van der Waals surface area (Å²) in [5, 5.41) is 8.89. The smallest absolute Gasteiger partial charge is 0.115 e. The van der Waals surface area contributed by atoms with Gasteiger partial charge in [-0.15, -0.1) is 0 Å². The highest BCUT2D eigenvalue weighted by molar-refractivity contribution is 5.26. The first-order chi connectivity index (χ1) is 7.61. The molecule has 1 aliphatic rings. The molecule has 1 aromatic rings. The van der Waals surface area contributed by atoms with Gasteiger partial charge in [-0.05, 0) is 37.0 Å². The van der Waals surface area contributed by atoms with E-state index in [0.717, 1.165) is 24.8 Å². The van der Waals surface area contributed by atoms with E-state index in [1.165, 1.54) is 0 Å². The van der Waals surface area contributed by atoms with E-state index < -0.39 is 0 Å². The number of phenols is 1. The SMILES string of the molecule is NCc1cccc(O)c1.N[C@@H]1CC[C@H](N)C1. The summed E-state index contributed by atoms with van der Waals surface area (Å²) in [6.07, 6.45) is 3.28. The number of aromatic hydroxyl groups is 1. The van der Waals surface area contributed by atoms with Gasteiger partial charge in [0.25, 0.3) is 0 Å². The van der Waals surface area contributed by atoms with Crippen LogP contribution in [0, 0.1) is 0 Å². The second-order valence-electron chi connectivity index (χ2n) is 4.21. The summed E-state index contributed by atoms with van der Waals surface area (Å²) in [6.45, 7) is 0.481. The van der Waals surface area contributed by atoms with E-state index in [-0.39, 0.29) is 5.75 Å². The average molecular weight is 223 g/mol. The van der Waals surface area contributed by atoms with Gasteiger partial charge in [0.05, 0.1) is 0 Å². The lowest BCUT2D eigenvalue weighted by Crippen LogP contribution is -2.20. The van der Waals surface area contributed by atoms with E-state index in [4.69, 9.17) is 22.3 Å². The van der Waals surface area contributed by atoms with Crippen LogP contribution in [0.5, 0.6) is 5.75 Å². The summed E-state index contributed by atoms with van der Waals surface area (Å²) in [5.41, 5.74) is 17.4. The highest BCUT2D eigenvalue weighted by Crippen LogP contribution is 2.14. The molecule has 0 unspecified atom stereocenters. The van der Waals surface area contributed by atoms with Gasteiger partial charge in [0.2, 0.25) is 0 Å². The van der Waals surface area contributed by atoms with Crippen molar-refractivity contribution in [3.63, 3.8) is 0 Å². The molecule has 1 aromatic carbocycles. The Bertz CT molecular complexity index is 309. The van der Waals surface area contributed by atoms with Gasteiger partial charge >= 0.3 is 0 Å². The second-order valence-corrected chi connectivity index (χ2v) is 4.21. The van der Waals surface area contributed by atoms with Gasteiger partial charge in [-0.1, -0.05) is 12.1 Å². The molecule has 0 bridgehead atoms. The van der Waals surface area contributed by atoms with E-state index in [1.54, 1.807) is 18.2 Å². The Morgan fingerprint density at radius 2 is 1.81 bits per heavy atom. The van der Waals surface area contributed by atoms with Crippen LogP contribution in [0.1, 0.15) is 24.8 Å². The van der Waals surface area contributed by atoms with Crippen LogP contribution in [0.3, 0.4) is 0 Å². The van der Waals surface area contributed by atoms with Crippen molar-refractivity contribution >= 4 is 0 Å². The molecule has 0 saturated heterocycles. The summed E-state index contributed by atoms with van der Waals surface area (Å²) in [5.74, 6) is 0.276. The third kappa shape index (κ3) is 4.61. The molecular weight excluding hydrogens is 202 g/mol. The normalized spacial score (nSPS) is 23.7. The molecule has 4 nitrogen and oxygen atoms in total. The van der Waals surface area contributed by atoms with E-state index in [2.05, 4.69) is 0 Å². The number of nitrogens with two attached hydrogens (primary N) is 3. The largest absolute Gasteiger partial charge is 0.508 e. The molecule has 16 heavy (non-hydrogen) atoms. The lowest BCUT2D eigenvalue weighted by molar-refractivity contribution is 0.474. The molecule has 1 aliphatic carbocycles. The Balaban J connectivity index is 0.000000165. The molecule has 1 saturated carbocycles. The van der Waals surface area contributed by atoms with Gasteiger partial charge in [-0.25, -0.2) is 0 Å². The van der Waals surface area contributed by atoms with E-state index >= 15 is 0 Å². The fourth-order valence-electron chi connectivity index (χ4n) is 1.74. The molecule has 0 spiro atoms. The Hall–Kier alpha value is -1.10. The van der Waals surface area contributed by atoms with Crippen LogP contribution in [-0.2, 0) is 6.54 Å². The van der Waals surface area contributed by atoms with Crippen molar-refractivity contribution < 1.29 is 5.11 Å². The molecule has 2 atom stereocenters. The van der Waals surface area contributed by atoms with Crippen LogP contribution in [0.2, 0.25) is 0 Å². The quantitative estimate of drug-likeness (QED) is 0.562. The molecule has 0 heterocycles. The van der Waals surface area contributed by atoms with Crippen molar-refractivity contribution in [2.24, 2.45) is 17.2 Å². The highest BCUT2D eigenvalue weighted by atomic mass is 16.3. The van der Waals surface area contributed by atoms with Crippen molar-refractivity contribution in [1.29, 1.82) is 0 Å². The van der Waals surface area contributed by atoms with Crippen LogP contribution in [0.25, 0.3) is 0 Å². The van der Waals surface area contributed by atoms with Crippen molar-refractivity contribution in [3.05, 3.63) is 29.8 Å². The second kappa shape index (κ2) is 6.48. The Morgan fingerprint density at radius 1 is 1.19 bits per heavy atom. The molecule has 0 amide bonds. The number of benzene rings is 1. The summed E-state index contributed by atoms with van der Waals surface area (Å²) in [6, 6.07) is 7.72. The fraction of sp³-hybridized carbons (Fsp3) is 0.500. The van der Waals surface area contributed by atoms with Crippen LogP contribution in [-0.4, -0.2) is 17.2 Å². The zero-order valence-corrected chi connectivity index (χ0v) is 9.47. The summed E-state index contributed by atoms with van der Waals surface area (Å²) in [7, 11) is 0. The van der Waals surface area contributed by atoms with Crippen LogP contribution in [0.15, 0.2) is 24.3 Å². The molecule has 0 aliphatic heterocycles. The van der Waals surface area contributed by atoms with E-state index in [0.29, 0.717) is 18.6 Å². The predicted octanol–water partition coefficient (Wildman–Crippen LogP) is 0.676. The van der Waals surface area contributed by atoms with Crippen LogP contribution >= 0.6 is 0 Å². The van der Waals surface area contributed by atoms with Crippen LogP contribution < -0.4 is 17.2 Å². The number of hydrogen-bond donors (Lipinski definition) is 4. The minimum absolute atomic E-state index is 0.276. The molecule has 0 aromatic heterocycles. The van der Waals surface area contributed by atoms with Gasteiger partial charge in [0.15, 0.2) is 0 Å². The van der Waals surface area contributed by atoms with E-state index in [1.807, 2.05) is 6.07 Å². The maximum absolute atomic E-state index is 8.89. The summed E-state index contributed by atoms with van der Waals surface area (Å²) < 4.78 is 0. The molecule has 7 N–H and O–H groups in total. The number of phenolic OH excluding ortho intramolecular Hbond substituents is 1. The zero-order chi connectivity index (χ0) is 12.0. The monoisotopic (exact) mass is 223 g/mol. The Morgan fingerprint density at radius 3 is 2.12 bits per heavy atom. The zero-order valence-electron chi connectivity index (χ0n) is 9.47. The van der Waals surface area contributed by atoms with Gasteiger partial charge in [-0.3, -0.25) is 0 Å². The van der Waals surface area contributed by atoms with Crippen LogP contribution in [0.4, 0.5) is 0 Å². The highest BCUT2D eigenvalue weighted by Gasteiger charge is 2.16. The van der Waals surface area contributed by atoms with E-state index in [9.17, 15) is 0 Å². The maximum atomic E-state index is 8.89. The van der Waals surface area contributed by atoms with Crippen molar-refractivity contribution in [1.82, 2.24) is 0 Å². The van der Waals surface area contributed by atoms with Gasteiger partial charge in [0.1, 0.15) is 5.75 Å². The first kappa shape index (κ1) is 13.0. The van der Waals surface area contributed by atoms with Crippen molar-refractivity contribution in [3.8, 4) is 5.75 Å². The average Bonchev–Trinajstić information content (AvgIpc) is 2.63. The molecule has 1 fully saturated rings. The molecule has 2 rings (SSSR count). The molecule has 0 radical (unpaired) electrons. The minimum atomic E-state index is 0.276. The van der Waals surface area contributed by atoms with Crippen molar-refractivity contribution in [2.75, 3.05) is 0 Å². The Kier molecular flexibility index (Phi) is 5.25. The maximum Gasteiger partial charge on any atom is 0.115 e. The fourth-order valence-corrected chi connectivity index (χ4v) is 1.74. The number of rotatable bonds is 1. The lowest BCUT2D eigenvalue weighted by Gasteiger charge is -1.97. The third-order valence-electron chi connectivity index (χ3n) is 2.66. The predicted molar refractivity (Wildman–Crippen MR) is 65.8 cm³/mol. The first-order valence-electron chi connectivity index (χ1n) is 5.61. The first-order valence-corrected chi connectivity index (χ1v) is 5.61. The molecule has 4 heteroatoms.